The average Bonchev–Trinajstić information content (AvgIpc) is 2.94. The van der Waals surface area contributed by atoms with E-state index in [2.05, 4.69) is 26.2 Å². The number of aliphatic hydroxyl groups is 1. The summed E-state index contributed by atoms with van der Waals surface area (Å²) in [6.45, 7) is 4.19. The maximum Gasteiger partial charge on any atom is 0.251 e. The van der Waals surface area contributed by atoms with Crippen molar-refractivity contribution < 1.29 is 14.6 Å². The maximum atomic E-state index is 12.7. The molecule has 0 aliphatic carbocycles. The fraction of sp³-hybridized carbons (Fsp3) is 0.345. The molecule has 8 heteroatoms. The van der Waals surface area contributed by atoms with Gasteiger partial charge in [0.15, 0.2) is 0 Å². The largest absolute Gasteiger partial charge is 0.389 e. The monoisotopic (exact) mass is 499 g/mol. The molecule has 1 amide bonds. The van der Waals surface area contributed by atoms with E-state index < -0.39 is 6.10 Å². The highest BCUT2D eigenvalue weighted by Gasteiger charge is 2.22. The van der Waals surface area contributed by atoms with Crippen LogP contribution in [0.4, 0.5) is 5.69 Å². The lowest BCUT2D eigenvalue weighted by molar-refractivity contribution is 0.00896. The molecule has 37 heavy (non-hydrogen) atoms. The summed E-state index contributed by atoms with van der Waals surface area (Å²) in [5.41, 5.74) is 3.30. The van der Waals surface area contributed by atoms with Gasteiger partial charge in [0.2, 0.25) is 0 Å². The van der Waals surface area contributed by atoms with Gasteiger partial charge in [0, 0.05) is 50.7 Å². The second-order valence-electron chi connectivity index (χ2n) is 9.20. The number of hydrogen-bond donors (Lipinski definition) is 2. The normalized spacial score (nSPS) is 15.5. The molecule has 1 fully saturated rings. The Kier molecular flexibility index (Phi) is 9.60. The Bertz CT molecular complexity index is 1160. The lowest BCUT2D eigenvalue weighted by Crippen LogP contribution is -2.49. The van der Waals surface area contributed by atoms with Gasteiger partial charge in [0.05, 0.1) is 36.6 Å². The van der Waals surface area contributed by atoms with Crippen molar-refractivity contribution in [1.29, 1.82) is 5.26 Å². The fourth-order valence-electron chi connectivity index (χ4n) is 4.53. The smallest absolute Gasteiger partial charge is 0.251 e. The molecule has 0 unspecified atom stereocenters. The Balaban J connectivity index is 1.24. The molecule has 2 atom stereocenters. The van der Waals surface area contributed by atoms with Gasteiger partial charge in [-0.15, -0.1) is 0 Å². The first kappa shape index (κ1) is 26.3. The molecule has 1 saturated heterocycles. The highest BCUT2D eigenvalue weighted by atomic mass is 16.5. The number of hydrogen-bond acceptors (Lipinski definition) is 7. The van der Waals surface area contributed by atoms with E-state index in [0.717, 1.165) is 37.4 Å². The number of aromatic nitrogens is 1. The third-order valence-corrected chi connectivity index (χ3v) is 6.44. The predicted molar refractivity (Wildman–Crippen MR) is 142 cm³/mol. The molecule has 0 radical (unpaired) electrons. The van der Waals surface area contributed by atoms with Crippen LogP contribution >= 0.6 is 0 Å². The third kappa shape index (κ3) is 7.86. The fourth-order valence-corrected chi connectivity index (χ4v) is 4.53. The van der Waals surface area contributed by atoms with Crippen molar-refractivity contribution in [3.05, 3.63) is 95.8 Å². The molecule has 1 aliphatic rings. The lowest BCUT2D eigenvalue weighted by atomic mass is 10.1. The molecule has 2 aromatic carbocycles. The number of nitrogens with zero attached hydrogens (tertiary/aromatic N) is 4. The van der Waals surface area contributed by atoms with Gasteiger partial charge in [-0.2, -0.15) is 5.26 Å². The maximum absolute atomic E-state index is 12.7. The number of β-amino-alcohol motifs (C(OH)–C–C–N with tert-alkyl or cyclic N) is 1. The molecule has 1 aromatic heterocycles. The highest BCUT2D eigenvalue weighted by Crippen LogP contribution is 2.21. The number of ether oxygens (including phenoxy) is 1. The standard InChI is InChI=1S/C29H33N5O3/c30-19-25-8-4-5-9-28(25)34-16-14-33(15-17-34)20-27(35)22-37-21-26(18-23-6-2-1-3-7-23)32-29(36)24-10-12-31-13-11-24/h1-13,26-27,35H,14-18,20-22H2,(H,32,36)/t26-,27-/m1/s1. The van der Waals surface area contributed by atoms with E-state index >= 15 is 0 Å². The van der Waals surface area contributed by atoms with Gasteiger partial charge in [-0.25, -0.2) is 0 Å². The van der Waals surface area contributed by atoms with Crippen LogP contribution < -0.4 is 10.2 Å². The molecule has 2 N–H and O–H groups in total. The number of pyridine rings is 1. The van der Waals surface area contributed by atoms with E-state index in [9.17, 15) is 15.2 Å². The molecule has 2 heterocycles. The lowest BCUT2D eigenvalue weighted by Gasteiger charge is -2.37. The average molecular weight is 500 g/mol. The van der Waals surface area contributed by atoms with E-state index in [1.807, 2.05) is 54.6 Å². The number of rotatable bonds is 11. The summed E-state index contributed by atoms with van der Waals surface area (Å²) in [4.78, 5) is 21.1. The molecule has 1 aliphatic heterocycles. The number of nitriles is 1. The van der Waals surface area contributed by atoms with Crippen LogP contribution in [0.25, 0.3) is 0 Å². The first-order valence-corrected chi connectivity index (χ1v) is 12.6. The SMILES string of the molecule is N#Cc1ccccc1N1CCN(C[C@@H](O)COC[C@@H](Cc2ccccc2)NC(=O)c2ccncc2)CC1. The number of para-hydroxylation sites is 1. The number of benzene rings is 2. The number of nitrogens with one attached hydrogen (secondary N) is 1. The summed E-state index contributed by atoms with van der Waals surface area (Å²) >= 11 is 0. The van der Waals surface area contributed by atoms with Crippen LogP contribution in [0, 0.1) is 11.3 Å². The van der Waals surface area contributed by atoms with Gasteiger partial charge in [-0.3, -0.25) is 14.7 Å². The number of amides is 1. The summed E-state index contributed by atoms with van der Waals surface area (Å²) in [5, 5.41) is 23.0. The summed E-state index contributed by atoms with van der Waals surface area (Å²) in [5.74, 6) is -0.177. The molecule has 192 valence electrons. The first-order valence-electron chi connectivity index (χ1n) is 12.6. The molecule has 0 bridgehead atoms. The predicted octanol–water partition coefficient (Wildman–Crippen LogP) is 2.49. The highest BCUT2D eigenvalue weighted by molar-refractivity contribution is 5.94. The van der Waals surface area contributed by atoms with Crippen LogP contribution in [0.5, 0.6) is 0 Å². The molecule has 3 aromatic rings. The van der Waals surface area contributed by atoms with Gasteiger partial charge in [-0.1, -0.05) is 42.5 Å². The van der Waals surface area contributed by atoms with Gasteiger partial charge in [-0.05, 0) is 36.2 Å². The van der Waals surface area contributed by atoms with Crippen LogP contribution in [0.2, 0.25) is 0 Å². The Hall–Kier alpha value is -3.77. The first-order chi connectivity index (χ1) is 18.1. The second-order valence-corrected chi connectivity index (χ2v) is 9.20. The summed E-state index contributed by atoms with van der Waals surface area (Å²) in [7, 11) is 0. The van der Waals surface area contributed by atoms with Crippen molar-refractivity contribution in [2.45, 2.75) is 18.6 Å². The number of piperazine rings is 1. The van der Waals surface area contributed by atoms with Gasteiger partial charge in [0.25, 0.3) is 5.91 Å². The Morgan fingerprint density at radius 1 is 1.00 bits per heavy atom. The van der Waals surface area contributed by atoms with Gasteiger partial charge >= 0.3 is 0 Å². The van der Waals surface area contributed by atoms with Crippen molar-refractivity contribution >= 4 is 11.6 Å². The van der Waals surface area contributed by atoms with Crippen molar-refractivity contribution in [3.8, 4) is 6.07 Å². The minimum atomic E-state index is -0.633. The minimum absolute atomic E-state index is 0.177. The zero-order valence-corrected chi connectivity index (χ0v) is 20.9. The summed E-state index contributed by atoms with van der Waals surface area (Å²) < 4.78 is 5.88. The van der Waals surface area contributed by atoms with Crippen LogP contribution in [-0.4, -0.2) is 79.0 Å². The Labute approximate surface area is 218 Å². The van der Waals surface area contributed by atoms with E-state index in [4.69, 9.17) is 4.74 Å². The van der Waals surface area contributed by atoms with Gasteiger partial charge < -0.3 is 20.1 Å². The Morgan fingerprint density at radius 3 is 2.43 bits per heavy atom. The van der Waals surface area contributed by atoms with Gasteiger partial charge in [0.1, 0.15) is 6.07 Å². The summed E-state index contributed by atoms with van der Waals surface area (Å²) in [6, 6.07) is 23.0. The van der Waals surface area contributed by atoms with E-state index in [1.165, 1.54) is 0 Å². The molecule has 4 rings (SSSR count). The Morgan fingerprint density at radius 2 is 1.70 bits per heavy atom. The van der Waals surface area contributed by atoms with Crippen molar-refractivity contribution in [2.75, 3.05) is 50.8 Å². The van der Waals surface area contributed by atoms with Crippen molar-refractivity contribution in [2.24, 2.45) is 0 Å². The third-order valence-electron chi connectivity index (χ3n) is 6.44. The minimum Gasteiger partial charge on any atom is -0.389 e. The second kappa shape index (κ2) is 13.5. The van der Waals surface area contributed by atoms with Crippen molar-refractivity contribution in [1.82, 2.24) is 15.2 Å². The van der Waals surface area contributed by atoms with E-state index in [-0.39, 0.29) is 18.6 Å². The number of carbonyl (C=O) groups is 1. The molecular weight excluding hydrogens is 466 g/mol. The van der Waals surface area contributed by atoms with Crippen LogP contribution in [0.3, 0.4) is 0 Å². The van der Waals surface area contributed by atoms with Crippen LogP contribution in [0.1, 0.15) is 21.5 Å². The van der Waals surface area contributed by atoms with Crippen LogP contribution in [-0.2, 0) is 11.2 Å². The molecule has 0 spiro atoms. The number of anilines is 1. The molecular formula is C29H33N5O3. The zero-order valence-electron chi connectivity index (χ0n) is 20.9. The topological polar surface area (TPSA) is 102 Å². The van der Waals surface area contributed by atoms with Crippen molar-refractivity contribution in [3.63, 3.8) is 0 Å². The number of aliphatic hydroxyl groups excluding tert-OH is 1. The van der Waals surface area contributed by atoms with E-state index in [0.29, 0.717) is 30.7 Å². The van der Waals surface area contributed by atoms with E-state index in [1.54, 1.807) is 24.5 Å². The van der Waals surface area contributed by atoms with Crippen LogP contribution in [0.15, 0.2) is 79.1 Å². The number of carbonyl (C=O) groups excluding carboxylic acids is 1. The quantitative estimate of drug-likeness (QED) is 0.418. The zero-order chi connectivity index (χ0) is 25.9. The molecule has 0 saturated carbocycles. The molecule has 8 nitrogen and oxygen atoms in total. The summed E-state index contributed by atoms with van der Waals surface area (Å²) in [6.07, 6.45) is 3.18.